The van der Waals surface area contributed by atoms with Gasteiger partial charge in [0, 0.05) is 6.54 Å². The summed E-state index contributed by atoms with van der Waals surface area (Å²) in [4.78, 5) is 4.32. The van der Waals surface area contributed by atoms with E-state index < -0.39 is 0 Å². The van der Waals surface area contributed by atoms with E-state index in [1.807, 2.05) is 31.2 Å². The maximum atomic E-state index is 9.38. The summed E-state index contributed by atoms with van der Waals surface area (Å²) in [6.07, 6.45) is 0. The minimum atomic E-state index is 0.527. The van der Waals surface area contributed by atoms with Crippen LogP contribution in [0, 0.1) is 6.92 Å². The lowest BCUT2D eigenvalue weighted by atomic mass is 10.2. The molecular formula is C10H13N3O. The van der Waals surface area contributed by atoms with Crippen LogP contribution in [0.3, 0.4) is 0 Å². The molecule has 4 nitrogen and oxygen atoms in total. The van der Waals surface area contributed by atoms with Crippen molar-refractivity contribution in [2.24, 2.45) is 4.99 Å². The third-order valence-electron chi connectivity index (χ3n) is 2.19. The summed E-state index contributed by atoms with van der Waals surface area (Å²) in [5.74, 6) is 0.527. The van der Waals surface area contributed by atoms with Crippen LogP contribution >= 0.6 is 0 Å². The maximum Gasteiger partial charge on any atom is 0.223 e. The summed E-state index contributed by atoms with van der Waals surface area (Å²) >= 11 is 0. The van der Waals surface area contributed by atoms with Gasteiger partial charge in [-0.2, -0.15) is 0 Å². The molecule has 0 aromatic heterocycles. The molecule has 0 spiro atoms. The van der Waals surface area contributed by atoms with Gasteiger partial charge >= 0.3 is 0 Å². The lowest BCUT2D eigenvalue weighted by Crippen LogP contribution is -2.26. The van der Waals surface area contributed by atoms with Gasteiger partial charge < -0.3 is 5.32 Å². The van der Waals surface area contributed by atoms with Crippen LogP contribution in [0.2, 0.25) is 0 Å². The van der Waals surface area contributed by atoms with Gasteiger partial charge in [0.15, 0.2) is 0 Å². The average Bonchev–Trinajstić information content (AvgIpc) is 2.56. The first-order valence-electron chi connectivity index (χ1n) is 4.62. The molecule has 1 saturated heterocycles. The highest BCUT2D eigenvalue weighted by Gasteiger charge is 2.15. The number of guanidine groups is 1. The first kappa shape index (κ1) is 9.02. The fourth-order valence-corrected chi connectivity index (χ4v) is 1.37. The standard InChI is InChI=1S/C10H13N3O/c1-8-4-2-3-5-9(8)12-10-11-6-7-13(10)14/h2-5,14H,6-7H2,1H3,(H,11,12). The second-order valence-corrected chi connectivity index (χ2v) is 3.27. The van der Waals surface area contributed by atoms with Crippen LogP contribution in [0.25, 0.3) is 0 Å². The van der Waals surface area contributed by atoms with E-state index in [0.717, 1.165) is 22.9 Å². The third kappa shape index (κ3) is 1.70. The molecule has 1 aliphatic rings. The zero-order chi connectivity index (χ0) is 9.97. The highest BCUT2D eigenvalue weighted by atomic mass is 16.5. The van der Waals surface area contributed by atoms with Crippen molar-refractivity contribution in [3.8, 4) is 0 Å². The average molecular weight is 191 g/mol. The molecule has 1 fully saturated rings. The van der Waals surface area contributed by atoms with Gasteiger partial charge in [-0.05, 0) is 18.6 Å². The fourth-order valence-electron chi connectivity index (χ4n) is 1.37. The molecule has 1 aromatic rings. The number of hydroxylamine groups is 2. The van der Waals surface area contributed by atoms with Gasteiger partial charge in [-0.1, -0.05) is 18.2 Å². The Morgan fingerprint density at radius 2 is 2.21 bits per heavy atom. The zero-order valence-electron chi connectivity index (χ0n) is 8.07. The van der Waals surface area contributed by atoms with Crippen molar-refractivity contribution < 1.29 is 5.21 Å². The monoisotopic (exact) mass is 191 g/mol. The molecule has 4 heteroatoms. The predicted molar refractivity (Wildman–Crippen MR) is 54.8 cm³/mol. The lowest BCUT2D eigenvalue weighted by Gasteiger charge is -2.08. The van der Waals surface area contributed by atoms with Gasteiger partial charge in [-0.25, -0.2) is 10.1 Å². The SMILES string of the molecule is Cc1ccccc1/N=C1\NCCN1O. The zero-order valence-corrected chi connectivity index (χ0v) is 8.07. The van der Waals surface area contributed by atoms with Crippen molar-refractivity contribution in [2.45, 2.75) is 6.92 Å². The Bertz CT molecular complexity index is 362. The molecule has 0 atom stereocenters. The summed E-state index contributed by atoms with van der Waals surface area (Å²) in [5, 5.41) is 13.5. The molecule has 0 unspecified atom stereocenters. The summed E-state index contributed by atoms with van der Waals surface area (Å²) in [6.45, 7) is 3.32. The molecular weight excluding hydrogens is 178 g/mol. The molecule has 0 saturated carbocycles. The maximum absolute atomic E-state index is 9.38. The molecule has 14 heavy (non-hydrogen) atoms. The fraction of sp³-hybridized carbons (Fsp3) is 0.300. The summed E-state index contributed by atoms with van der Waals surface area (Å²) < 4.78 is 0. The Morgan fingerprint density at radius 3 is 2.86 bits per heavy atom. The van der Waals surface area contributed by atoms with Crippen molar-refractivity contribution in [1.82, 2.24) is 10.4 Å². The lowest BCUT2D eigenvalue weighted by molar-refractivity contribution is -0.00126. The summed E-state index contributed by atoms with van der Waals surface area (Å²) in [6, 6.07) is 7.83. The molecule has 1 aliphatic heterocycles. The van der Waals surface area contributed by atoms with E-state index in [1.54, 1.807) is 0 Å². The second-order valence-electron chi connectivity index (χ2n) is 3.27. The van der Waals surface area contributed by atoms with E-state index in [9.17, 15) is 5.21 Å². The number of nitrogens with one attached hydrogen (secondary N) is 1. The Morgan fingerprint density at radius 1 is 1.43 bits per heavy atom. The quantitative estimate of drug-likeness (QED) is 0.703. The second kappa shape index (κ2) is 3.67. The van der Waals surface area contributed by atoms with Crippen LogP contribution in [0.4, 0.5) is 5.69 Å². The van der Waals surface area contributed by atoms with E-state index in [1.165, 1.54) is 0 Å². The largest absolute Gasteiger partial charge is 0.352 e. The number of benzene rings is 1. The number of hydrogen-bond acceptors (Lipinski definition) is 2. The highest BCUT2D eigenvalue weighted by molar-refractivity contribution is 5.83. The van der Waals surface area contributed by atoms with E-state index in [0.29, 0.717) is 12.5 Å². The van der Waals surface area contributed by atoms with Gasteiger partial charge in [0.25, 0.3) is 0 Å². The van der Waals surface area contributed by atoms with Gasteiger partial charge in [-0.15, -0.1) is 0 Å². The van der Waals surface area contributed by atoms with Gasteiger partial charge in [0.05, 0.1) is 12.2 Å². The van der Waals surface area contributed by atoms with Crippen molar-refractivity contribution in [2.75, 3.05) is 13.1 Å². The van der Waals surface area contributed by atoms with Crippen molar-refractivity contribution >= 4 is 11.6 Å². The molecule has 0 aliphatic carbocycles. The van der Waals surface area contributed by atoms with Crippen molar-refractivity contribution in [3.63, 3.8) is 0 Å². The van der Waals surface area contributed by atoms with Crippen LogP contribution < -0.4 is 5.32 Å². The summed E-state index contributed by atoms with van der Waals surface area (Å²) in [7, 11) is 0. The highest BCUT2D eigenvalue weighted by Crippen LogP contribution is 2.17. The molecule has 74 valence electrons. The number of aryl methyl sites for hydroxylation is 1. The molecule has 2 rings (SSSR count). The van der Waals surface area contributed by atoms with Crippen LogP contribution in [0.5, 0.6) is 0 Å². The Labute approximate surface area is 82.8 Å². The Hall–Kier alpha value is -1.55. The van der Waals surface area contributed by atoms with Crippen LogP contribution in [0.15, 0.2) is 29.3 Å². The van der Waals surface area contributed by atoms with Crippen LogP contribution in [0.1, 0.15) is 5.56 Å². The van der Waals surface area contributed by atoms with E-state index in [4.69, 9.17) is 0 Å². The number of nitrogens with zero attached hydrogens (tertiary/aromatic N) is 2. The van der Waals surface area contributed by atoms with Gasteiger partial charge in [-0.3, -0.25) is 5.21 Å². The number of aliphatic imine (C=N–C) groups is 1. The molecule has 0 amide bonds. The predicted octanol–water partition coefficient (Wildman–Crippen LogP) is 1.28. The molecule has 0 radical (unpaired) electrons. The van der Waals surface area contributed by atoms with E-state index in [-0.39, 0.29) is 0 Å². The van der Waals surface area contributed by atoms with Gasteiger partial charge in [0.1, 0.15) is 0 Å². The summed E-state index contributed by atoms with van der Waals surface area (Å²) in [5.41, 5.74) is 1.98. The van der Waals surface area contributed by atoms with Crippen LogP contribution in [-0.2, 0) is 0 Å². The Kier molecular flexibility index (Phi) is 2.37. The molecule has 1 aromatic carbocycles. The minimum absolute atomic E-state index is 0.527. The smallest absolute Gasteiger partial charge is 0.223 e. The number of para-hydroxylation sites is 1. The van der Waals surface area contributed by atoms with Crippen LogP contribution in [-0.4, -0.2) is 29.3 Å². The Balaban J connectivity index is 2.29. The minimum Gasteiger partial charge on any atom is -0.352 e. The molecule has 2 N–H and O–H groups in total. The van der Waals surface area contributed by atoms with E-state index >= 15 is 0 Å². The first-order chi connectivity index (χ1) is 6.77. The molecule has 0 bridgehead atoms. The first-order valence-corrected chi connectivity index (χ1v) is 4.62. The molecule has 1 heterocycles. The topological polar surface area (TPSA) is 47.9 Å². The van der Waals surface area contributed by atoms with E-state index in [2.05, 4.69) is 10.3 Å². The normalized spacial score (nSPS) is 18.7. The van der Waals surface area contributed by atoms with Crippen molar-refractivity contribution in [1.29, 1.82) is 0 Å². The van der Waals surface area contributed by atoms with Crippen molar-refractivity contribution in [3.05, 3.63) is 29.8 Å². The number of hydrogen-bond donors (Lipinski definition) is 2. The number of rotatable bonds is 1. The van der Waals surface area contributed by atoms with Gasteiger partial charge in [0.2, 0.25) is 5.96 Å². The third-order valence-corrected chi connectivity index (χ3v) is 2.19.